The molecule has 4 N–H and O–H groups in total. The van der Waals surface area contributed by atoms with Crippen molar-refractivity contribution in [1.29, 1.82) is 0 Å². The quantitative estimate of drug-likeness (QED) is 0.133. The Kier molecular flexibility index (Phi) is 7.82. The Balaban J connectivity index is 1.31. The monoisotopic (exact) mass is 885 g/mol. The number of Topliss-reactive ketones (excluding diaryl/α,β-unsaturated/α-hetero) is 1. The van der Waals surface area contributed by atoms with E-state index in [9.17, 15) is 14.7 Å². The molecule has 0 radical (unpaired) electrons. The van der Waals surface area contributed by atoms with Gasteiger partial charge in [-0.1, -0.05) is 79.5 Å². The number of aromatic amines is 1. The van der Waals surface area contributed by atoms with Crippen LogP contribution in [0, 0.1) is 17.8 Å². The molecule has 5 atom stereocenters. The minimum Gasteiger partial charge on any atom is -0.469 e. The van der Waals surface area contributed by atoms with Crippen molar-refractivity contribution in [2.75, 3.05) is 5.32 Å². The van der Waals surface area contributed by atoms with Crippen molar-refractivity contribution in [3.8, 4) is 39.8 Å². The van der Waals surface area contributed by atoms with E-state index in [0.29, 0.717) is 38.3 Å². The summed E-state index contributed by atoms with van der Waals surface area (Å²) in [6.45, 7) is 7.51. The summed E-state index contributed by atoms with van der Waals surface area (Å²) in [5.74, 6) is -0.0646. The lowest BCUT2D eigenvalue weighted by molar-refractivity contribution is -0.135. The van der Waals surface area contributed by atoms with Crippen LogP contribution in [0.15, 0.2) is 66.4 Å². The minimum absolute atomic E-state index is 0.137. The van der Waals surface area contributed by atoms with Crippen LogP contribution in [-0.2, 0) is 21.4 Å². The molecule has 3 aromatic carbocycles. The number of H-pyrrole nitrogens is 1. The van der Waals surface area contributed by atoms with Gasteiger partial charge in [-0.05, 0) is 69.6 Å². The Morgan fingerprint density at radius 2 is 1.85 bits per heavy atom. The number of carbonyl (C=O) groups is 2. The molecule has 7 heterocycles. The van der Waals surface area contributed by atoms with Crippen molar-refractivity contribution in [3.63, 3.8) is 0 Å². The standard InChI is InChI=1S/C41H34Br2ClN5O6/c1-15(2)29-38-47-31-34(55-38)41-22-11-17(10-18(37(52)46-29)12-25(50)32(51)16(3)4)8-9-26(22)53-40(41)48-30-21(13-19(42)14-23(30)41)20-6-5-7-24-27(20)28(36(44)45-24)33-35(43)49-39(31)54-33/h5-9,11,13-16,18,29,32,40,45,48,51H,10,12H2,1-4H3,(H,46,52)/t18?,29-,32-,40-,41?/m0/s1. The third-order valence-electron chi connectivity index (χ3n) is 11.5. The number of carbonyl (C=O) groups excluding carboxylic acids is 2. The van der Waals surface area contributed by atoms with E-state index >= 15 is 0 Å². The van der Waals surface area contributed by atoms with Crippen LogP contribution in [0.25, 0.3) is 44.9 Å². The Morgan fingerprint density at radius 3 is 2.64 bits per heavy atom. The molecule has 10 rings (SSSR count). The highest BCUT2D eigenvalue weighted by Crippen LogP contribution is 2.62. The third-order valence-corrected chi connectivity index (χ3v) is 12.8. The molecule has 0 saturated heterocycles. The molecule has 1 amide bonds. The molecule has 4 aliphatic heterocycles. The summed E-state index contributed by atoms with van der Waals surface area (Å²) in [5.41, 5.74) is 5.82. The van der Waals surface area contributed by atoms with Gasteiger partial charge in [0.1, 0.15) is 28.5 Å². The number of amides is 1. The summed E-state index contributed by atoms with van der Waals surface area (Å²) >= 11 is 14.5. The number of anilines is 1. The van der Waals surface area contributed by atoms with Crippen molar-refractivity contribution in [2.24, 2.45) is 17.8 Å². The maximum atomic E-state index is 14.3. The van der Waals surface area contributed by atoms with E-state index < -0.39 is 29.7 Å². The van der Waals surface area contributed by atoms with Gasteiger partial charge in [0.2, 0.25) is 11.8 Å². The van der Waals surface area contributed by atoms with Gasteiger partial charge >= 0.3 is 0 Å². The van der Waals surface area contributed by atoms with Gasteiger partial charge in [0.15, 0.2) is 33.8 Å². The number of rotatable bonds is 5. The molecule has 0 fully saturated rings. The van der Waals surface area contributed by atoms with Gasteiger partial charge < -0.3 is 34.3 Å². The van der Waals surface area contributed by atoms with E-state index in [-0.39, 0.29) is 48.1 Å². The van der Waals surface area contributed by atoms with Crippen LogP contribution in [-0.4, -0.2) is 44.1 Å². The number of halogens is 3. The van der Waals surface area contributed by atoms with E-state index in [0.717, 1.165) is 48.9 Å². The number of hydrogen-bond donors (Lipinski definition) is 4. The lowest BCUT2D eigenvalue weighted by Gasteiger charge is -2.29. The zero-order chi connectivity index (χ0) is 38.2. The number of oxazole rings is 2. The van der Waals surface area contributed by atoms with E-state index in [4.69, 9.17) is 35.1 Å². The molecule has 2 unspecified atom stereocenters. The number of aromatic nitrogens is 3. The molecular formula is C41H34Br2ClN5O6. The van der Waals surface area contributed by atoms with Crippen LogP contribution in [0.1, 0.15) is 68.5 Å². The van der Waals surface area contributed by atoms with Gasteiger partial charge in [-0.2, -0.15) is 0 Å². The first-order valence-corrected chi connectivity index (χ1v) is 20.2. The molecule has 14 heteroatoms. The lowest BCUT2D eigenvalue weighted by Crippen LogP contribution is -2.41. The Bertz CT molecular complexity index is 2650. The second kappa shape index (κ2) is 12.3. The highest BCUT2D eigenvalue weighted by molar-refractivity contribution is 9.10. The van der Waals surface area contributed by atoms with Crippen LogP contribution >= 0.6 is 43.5 Å². The molecule has 11 nitrogen and oxygen atoms in total. The number of fused-ring (bicyclic) bond motifs is 7. The molecule has 1 spiro atoms. The van der Waals surface area contributed by atoms with E-state index in [1.54, 1.807) is 13.8 Å². The topological polar surface area (TPSA) is 156 Å². The fourth-order valence-corrected chi connectivity index (χ4v) is 10.0. The number of nitrogens with zero attached hydrogens (tertiary/aromatic N) is 2. The van der Waals surface area contributed by atoms with Crippen LogP contribution in [0.3, 0.4) is 0 Å². The summed E-state index contributed by atoms with van der Waals surface area (Å²) in [4.78, 5) is 41.0. The minimum atomic E-state index is -1.19. The maximum absolute atomic E-state index is 14.3. The number of aliphatic hydroxyl groups excluding tert-OH is 1. The van der Waals surface area contributed by atoms with Crippen molar-refractivity contribution in [2.45, 2.75) is 64.3 Å². The third kappa shape index (κ3) is 4.95. The first kappa shape index (κ1) is 35.0. The van der Waals surface area contributed by atoms with Gasteiger partial charge in [-0.3, -0.25) is 9.59 Å². The summed E-state index contributed by atoms with van der Waals surface area (Å²) < 4.78 is 21.9. The number of aliphatic hydroxyl groups is 1. The summed E-state index contributed by atoms with van der Waals surface area (Å²) in [7, 11) is 0. The predicted molar refractivity (Wildman–Crippen MR) is 213 cm³/mol. The first-order chi connectivity index (χ1) is 26.3. The first-order valence-electron chi connectivity index (χ1n) is 18.3. The second-order valence-corrected chi connectivity index (χ2v) is 17.6. The van der Waals surface area contributed by atoms with Crippen LogP contribution in [0.4, 0.5) is 5.69 Å². The van der Waals surface area contributed by atoms with Crippen molar-refractivity contribution < 1.29 is 28.3 Å². The van der Waals surface area contributed by atoms with Crippen molar-refractivity contribution in [3.05, 3.63) is 91.1 Å². The van der Waals surface area contributed by atoms with Crippen LogP contribution in [0.2, 0.25) is 5.15 Å². The molecule has 4 aliphatic rings. The number of ether oxygens (including phenoxy) is 1. The predicted octanol–water partition coefficient (Wildman–Crippen LogP) is 9.08. The van der Waals surface area contributed by atoms with E-state index in [1.807, 2.05) is 44.2 Å². The van der Waals surface area contributed by atoms with Crippen LogP contribution in [0.5, 0.6) is 5.75 Å². The summed E-state index contributed by atoms with van der Waals surface area (Å²) in [6, 6.07) is 15.3. The molecule has 3 aromatic heterocycles. The number of hydrogen-bond acceptors (Lipinski definition) is 9. The van der Waals surface area contributed by atoms with Gasteiger partial charge in [-0.25, -0.2) is 9.97 Å². The Morgan fingerprint density at radius 1 is 1.04 bits per heavy atom. The summed E-state index contributed by atoms with van der Waals surface area (Å²) in [6.07, 6.45) is -1.77. The highest BCUT2D eigenvalue weighted by Gasteiger charge is 2.62. The highest BCUT2D eigenvalue weighted by atomic mass is 79.9. The van der Waals surface area contributed by atoms with Gasteiger partial charge in [-0.15, -0.1) is 0 Å². The fraction of sp³-hybridized carbons (Fsp3) is 0.317. The zero-order valence-electron chi connectivity index (χ0n) is 30.0. The smallest absolute Gasteiger partial charge is 0.250 e. The zero-order valence-corrected chi connectivity index (χ0v) is 33.9. The van der Waals surface area contributed by atoms with E-state index in [1.165, 1.54) is 0 Å². The van der Waals surface area contributed by atoms with Crippen molar-refractivity contribution in [1.82, 2.24) is 20.3 Å². The van der Waals surface area contributed by atoms with Gasteiger partial charge in [0.05, 0.1) is 5.56 Å². The molecule has 0 saturated carbocycles. The number of nitrogens with one attached hydrogen (secondary N) is 3. The van der Waals surface area contributed by atoms with Crippen molar-refractivity contribution >= 4 is 71.7 Å². The average Bonchev–Trinajstić information content (AvgIpc) is 3.94. The Hall–Kier alpha value is -4.43. The Labute approximate surface area is 336 Å². The van der Waals surface area contributed by atoms with Gasteiger partial charge in [0.25, 0.3) is 5.89 Å². The average molecular weight is 888 g/mol. The summed E-state index contributed by atoms with van der Waals surface area (Å²) in [5, 5.41) is 18.9. The number of benzene rings is 3. The molecule has 280 valence electrons. The lowest BCUT2D eigenvalue weighted by atomic mass is 9.72. The molecule has 0 aliphatic carbocycles. The molecular weight excluding hydrogens is 854 g/mol. The van der Waals surface area contributed by atoms with Gasteiger partial charge in [0, 0.05) is 50.1 Å². The largest absolute Gasteiger partial charge is 0.469 e. The maximum Gasteiger partial charge on any atom is 0.250 e. The molecule has 55 heavy (non-hydrogen) atoms. The van der Waals surface area contributed by atoms with E-state index in [2.05, 4.69) is 65.7 Å². The number of ketones is 1. The SMILES string of the molecule is CC(C)[C@H](O)C(=O)CC1Cc2ccc3c(c2)C24c5cc(Br)cc(c5N[C@H]2O3)-c2cccc3[nH]c(Cl)c(c23)-c2oc(nc2Br)-c2nc(oc24)[C@H](C(C)C)NC1=O. The van der Waals surface area contributed by atoms with Crippen LogP contribution < -0.4 is 15.4 Å². The second-order valence-electron chi connectivity index (χ2n) is 15.6. The fourth-order valence-electron chi connectivity index (χ4n) is 8.83. The molecule has 10 bridgehead atoms. The molecule has 6 aromatic rings. The normalized spacial score (nSPS) is 22.1.